The molecule has 1 unspecified atom stereocenters. The highest BCUT2D eigenvalue weighted by molar-refractivity contribution is 7.89. The third kappa shape index (κ3) is 3.92. The Morgan fingerprint density at radius 1 is 1.29 bits per heavy atom. The summed E-state index contributed by atoms with van der Waals surface area (Å²) >= 11 is 0. The van der Waals surface area contributed by atoms with Crippen molar-refractivity contribution in [3.05, 3.63) is 29.3 Å². The molecule has 1 fully saturated rings. The van der Waals surface area contributed by atoms with Crippen LogP contribution in [0.1, 0.15) is 22.8 Å². The number of carbonyl (C=O) groups excluding carboxylic acids is 1. The van der Waals surface area contributed by atoms with E-state index in [1.165, 1.54) is 29.4 Å². The fraction of sp³-hybridized carbons (Fsp3) is 0.467. The molecule has 0 radical (unpaired) electrons. The van der Waals surface area contributed by atoms with Crippen molar-refractivity contribution < 1.29 is 27.9 Å². The largest absolute Gasteiger partial charge is 0.480 e. The van der Waals surface area contributed by atoms with Crippen LogP contribution in [-0.4, -0.2) is 62.1 Å². The maximum atomic E-state index is 12.8. The first-order valence-electron chi connectivity index (χ1n) is 7.45. The van der Waals surface area contributed by atoms with Crippen LogP contribution in [0, 0.1) is 6.92 Å². The Morgan fingerprint density at radius 2 is 1.92 bits per heavy atom. The van der Waals surface area contributed by atoms with Crippen LogP contribution in [0.3, 0.4) is 0 Å². The smallest absolute Gasteiger partial charge is 0.325 e. The van der Waals surface area contributed by atoms with Gasteiger partial charge >= 0.3 is 5.97 Å². The lowest BCUT2D eigenvalue weighted by atomic mass is 10.1. The molecule has 0 aliphatic carbocycles. The summed E-state index contributed by atoms with van der Waals surface area (Å²) in [4.78, 5) is 23.0. The molecule has 0 spiro atoms. The zero-order valence-electron chi connectivity index (χ0n) is 13.5. The van der Waals surface area contributed by atoms with E-state index in [4.69, 9.17) is 9.84 Å². The Kier molecular flexibility index (Phi) is 5.58. The Hall–Kier alpha value is -1.97. The Labute approximate surface area is 140 Å². The number of ether oxygens (including phenoxy) is 1. The summed E-state index contributed by atoms with van der Waals surface area (Å²) in [6, 6.07) is 3.22. The molecule has 1 saturated heterocycles. The lowest BCUT2D eigenvalue weighted by Gasteiger charge is -2.26. The Balaban J connectivity index is 2.31. The fourth-order valence-corrected chi connectivity index (χ4v) is 3.95. The predicted molar refractivity (Wildman–Crippen MR) is 85.3 cm³/mol. The number of rotatable bonds is 5. The summed E-state index contributed by atoms with van der Waals surface area (Å²) in [6.07, 6.45) is 0. The minimum absolute atomic E-state index is 0.0417. The van der Waals surface area contributed by atoms with Crippen LogP contribution in [0.2, 0.25) is 0 Å². The molecule has 0 bridgehead atoms. The molecule has 132 valence electrons. The second kappa shape index (κ2) is 7.29. The molecule has 1 amide bonds. The molecule has 1 atom stereocenters. The summed E-state index contributed by atoms with van der Waals surface area (Å²) in [7, 11) is -3.74. The van der Waals surface area contributed by atoms with Crippen LogP contribution >= 0.6 is 0 Å². The van der Waals surface area contributed by atoms with E-state index in [1.54, 1.807) is 6.92 Å². The van der Waals surface area contributed by atoms with Gasteiger partial charge in [0.15, 0.2) is 0 Å². The van der Waals surface area contributed by atoms with Crippen molar-refractivity contribution in [1.29, 1.82) is 0 Å². The van der Waals surface area contributed by atoms with Crippen molar-refractivity contribution in [2.75, 3.05) is 26.3 Å². The van der Waals surface area contributed by atoms with Gasteiger partial charge < -0.3 is 15.2 Å². The number of carbonyl (C=O) groups is 2. The van der Waals surface area contributed by atoms with Crippen molar-refractivity contribution in [3.8, 4) is 0 Å². The minimum atomic E-state index is -3.74. The fourth-order valence-electron chi connectivity index (χ4n) is 2.29. The number of nitrogens with one attached hydrogen (secondary N) is 1. The van der Waals surface area contributed by atoms with Gasteiger partial charge in [0.05, 0.1) is 18.1 Å². The van der Waals surface area contributed by atoms with E-state index in [0.717, 1.165) is 0 Å². The zero-order valence-corrected chi connectivity index (χ0v) is 14.3. The maximum Gasteiger partial charge on any atom is 0.325 e. The van der Waals surface area contributed by atoms with Gasteiger partial charge in [0, 0.05) is 18.7 Å². The van der Waals surface area contributed by atoms with E-state index in [1.807, 2.05) is 0 Å². The number of aliphatic carboxylic acids is 1. The molecule has 1 aromatic rings. The van der Waals surface area contributed by atoms with Crippen LogP contribution in [0.25, 0.3) is 0 Å². The van der Waals surface area contributed by atoms with Gasteiger partial charge in [0.2, 0.25) is 10.0 Å². The normalized spacial score (nSPS) is 17.2. The lowest BCUT2D eigenvalue weighted by Crippen LogP contribution is -2.41. The number of benzene rings is 1. The van der Waals surface area contributed by atoms with Crippen LogP contribution in [-0.2, 0) is 19.6 Å². The average molecular weight is 356 g/mol. The monoisotopic (exact) mass is 356 g/mol. The van der Waals surface area contributed by atoms with Crippen molar-refractivity contribution in [2.45, 2.75) is 24.8 Å². The van der Waals surface area contributed by atoms with Gasteiger partial charge in [-0.3, -0.25) is 9.59 Å². The van der Waals surface area contributed by atoms with Gasteiger partial charge in [0.1, 0.15) is 6.04 Å². The number of amides is 1. The predicted octanol–water partition coefficient (Wildman–Crippen LogP) is 0.219. The molecule has 1 aliphatic rings. The molecule has 1 heterocycles. The summed E-state index contributed by atoms with van der Waals surface area (Å²) in [6.45, 7) is 4.15. The average Bonchev–Trinajstić information content (AvgIpc) is 2.55. The van der Waals surface area contributed by atoms with E-state index in [-0.39, 0.29) is 23.5 Å². The van der Waals surface area contributed by atoms with Gasteiger partial charge in [-0.2, -0.15) is 4.31 Å². The van der Waals surface area contributed by atoms with E-state index < -0.39 is 27.9 Å². The molecule has 2 N–H and O–H groups in total. The van der Waals surface area contributed by atoms with Crippen LogP contribution in [0.5, 0.6) is 0 Å². The van der Waals surface area contributed by atoms with Gasteiger partial charge in [-0.15, -0.1) is 0 Å². The molecular weight excluding hydrogens is 336 g/mol. The molecule has 1 aromatic carbocycles. The van der Waals surface area contributed by atoms with Crippen molar-refractivity contribution in [1.82, 2.24) is 9.62 Å². The molecule has 8 nitrogen and oxygen atoms in total. The maximum absolute atomic E-state index is 12.8. The topological polar surface area (TPSA) is 113 Å². The van der Waals surface area contributed by atoms with Gasteiger partial charge in [0.25, 0.3) is 5.91 Å². The SMILES string of the molecule is Cc1ccc(C(=O)NC(C)C(=O)O)cc1S(=O)(=O)N1CCOCC1. The van der Waals surface area contributed by atoms with Crippen molar-refractivity contribution in [3.63, 3.8) is 0 Å². The van der Waals surface area contributed by atoms with Gasteiger partial charge in [-0.25, -0.2) is 8.42 Å². The number of aryl methyl sites for hydroxylation is 1. The quantitative estimate of drug-likeness (QED) is 0.780. The minimum Gasteiger partial charge on any atom is -0.480 e. The van der Waals surface area contributed by atoms with Gasteiger partial charge in [-0.1, -0.05) is 6.07 Å². The number of nitrogens with zero attached hydrogens (tertiary/aromatic N) is 1. The first-order chi connectivity index (χ1) is 11.2. The second-order valence-electron chi connectivity index (χ2n) is 5.53. The molecule has 1 aliphatic heterocycles. The number of sulfonamides is 1. The van der Waals surface area contributed by atoms with Gasteiger partial charge in [-0.05, 0) is 31.5 Å². The highest BCUT2D eigenvalue weighted by Gasteiger charge is 2.28. The Bertz CT molecular complexity index is 740. The van der Waals surface area contributed by atoms with E-state index in [9.17, 15) is 18.0 Å². The van der Waals surface area contributed by atoms with Crippen molar-refractivity contribution >= 4 is 21.9 Å². The van der Waals surface area contributed by atoms with E-state index >= 15 is 0 Å². The van der Waals surface area contributed by atoms with Crippen molar-refractivity contribution in [2.24, 2.45) is 0 Å². The summed E-state index contributed by atoms with van der Waals surface area (Å²) in [5.74, 6) is -1.81. The second-order valence-corrected chi connectivity index (χ2v) is 7.44. The molecule has 9 heteroatoms. The number of carboxylic acids is 1. The third-order valence-electron chi connectivity index (χ3n) is 3.76. The van der Waals surface area contributed by atoms with E-state index in [2.05, 4.69) is 5.32 Å². The van der Waals surface area contributed by atoms with Crippen LogP contribution in [0.15, 0.2) is 23.1 Å². The number of carboxylic acid groups (broad SMARTS) is 1. The molecule has 24 heavy (non-hydrogen) atoms. The van der Waals surface area contributed by atoms with Crippen LogP contribution < -0.4 is 5.32 Å². The summed E-state index contributed by atoms with van der Waals surface area (Å²) in [5, 5.41) is 11.2. The standard InChI is InChI=1S/C15H20N2O6S/c1-10-3-4-12(14(18)16-11(2)15(19)20)9-13(10)24(21,22)17-5-7-23-8-6-17/h3-4,9,11H,5-8H2,1-2H3,(H,16,18)(H,19,20). The number of hydrogen-bond acceptors (Lipinski definition) is 5. The third-order valence-corrected chi connectivity index (χ3v) is 5.80. The highest BCUT2D eigenvalue weighted by Crippen LogP contribution is 2.22. The molecule has 0 aromatic heterocycles. The zero-order chi connectivity index (χ0) is 17.9. The first-order valence-corrected chi connectivity index (χ1v) is 8.89. The molecule has 0 saturated carbocycles. The highest BCUT2D eigenvalue weighted by atomic mass is 32.2. The molecule has 2 rings (SSSR count). The van der Waals surface area contributed by atoms with E-state index in [0.29, 0.717) is 18.8 Å². The number of hydrogen-bond donors (Lipinski definition) is 2. The van der Waals surface area contributed by atoms with Crippen LogP contribution in [0.4, 0.5) is 0 Å². The first kappa shape index (κ1) is 18.4. The Morgan fingerprint density at radius 3 is 2.50 bits per heavy atom. The molecular formula is C15H20N2O6S. The lowest BCUT2D eigenvalue weighted by molar-refractivity contribution is -0.138. The summed E-state index contributed by atoms with van der Waals surface area (Å²) in [5.41, 5.74) is 0.616. The number of morpholine rings is 1. The summed E-state index contributed by atoms with van der Waals surface area (Å²) < 4.78 is 32.0.